The molecule has 0 aromatic carbocycles. The third-order valence-corrected chi connectivity index (χ3v) is 8.60. The quantitative estimate of drug-likeness (QED) is 0.677. The molecule has 4 nitrogen and oxygen atoms in total. The molecule has 0 aliphatic heterocycles. The number of ketones is 1. The van der Waals surface area contributed by atoms with Gasteiger partial charge in [0.05, 0.1) is 12.2 Å². The van der Waals surface area contributed by atoms with Crippen LogP contribution in [-0.2, 0) is 4.79 Å². The second kappa shape index (κ2) is 6.29. The molecular formula is C22H33NO3. The van der Waals surface area contributed by atoms with Gasteiger partial charge < -0.3 is 15.9 Å². The summed E-state index contributed by atoms with van der Waals surface area (Å²) in [5.74, 6) is 1.70. The molecular weight excluding hydrogens is 326 g/mol. The molecule has 4 N–H and O–H groups in total. The zero-order chi connectivity index (χ0) is 18.6. The monoisotopic (exact) mass is 359 g/mol. The molecule has 4 aliphatic rings. The molecule has 3 fully saturated rings. The Bertz CT molecular complexity index is 656. The summed E-state index contributed by atoms with van der Waals surface area (Å²) in [5, 5.41) is 20.7. The lowest BCUT2D eigenvalue weighted by molar-refractivity contribution is -0.118. The van der Waals surface area contributed by atoms with Crippen molar-refractivity contribution < 1.29 is 15.0 Å². The summed E-state index contributed by atoms with van der Waals surface area (Å²) < 4.78 is 0. The molecule has 0 saturated heterocycles. The van der Waals surface area contributed by atoms with Crippen LogP contribution in [0.4, 0.5) is 0 Å². The van der Waals surface area contributed by atoms with Crippen LogP contribution in [0.25, 0.3) is 0 Å². The van der Waals surface area contributed by atoms with Crippen molar-refractivity contribution in [2.45, 2.75) is 75.9 Å². The number of aliphatic hydroxyl groups is 2. The van der Waals surface area contributed by atoms with Crippen LogP contribution in [0, 0.1) is 23.2 Å². The van der Waals surface area contributed by atoms with Crippen LogP contribution in [0.2, 0.25) is 0 Å². The molecule has 5 unspecified atom stereocenters. The molecule has 4 rings (SSSR count). The van der Waals surface area contributed by atoms with Crippen molar-refractivity contribution in [2.75, 3.05) is 6.61 Å². The molecule has 0 radical (unpaired) electrons. The molecule has 26 heavy (non-hydrogen) atoms. The number of nitrogens with two attached hydrogens (primary N) is 1. The maximum atomic E-state index is 11.9. The Morgan fingerprint density at radius 1 is 1.19 bits per heavy atom. The zero-order valence-electron chi connectivity index (χ0n) is 15.9. The van der Waals surface area contributed by atoms with E-state index in [9.17, 15) is 15.0 Å². The second-order valence-electron chi connectivity index (χ2n) is 9.19. The molecule has 144 valence electrons. The Kier molecular flexibility index (Phi) is 4.45. The van der Waals surface area contributed by atoms with Crippen LogP contribution in [0.5, 0.6) is 0 Å². The molecule has 4 aliphatic carbocycles. The average molecular weight is 360 g/mol. The van der Waals surface area contributed by atoms with E-state index in [-0.39, 0.29) is 23.3 Å². The average Bonchev–Trinajstić information content (AvgIpc) is 2.94. The molecule has 3 saturated carbocycles. The molecule has 0 amide bonds. The van der Waals surface area contributed by atoms with Gasteiger partial charge >= 0.3 is 0 Å². The first-order valence-electron chi connectivity index (χ1n) is 10.4. The topological polar surface area (TPSA) is 83.6 Å². The van der Waals surface area contributed by atoms with E-state index in [2.05, 4.69) is 6.92 Å². The normalized spacial score (nSPS) is 48.1. The van der Waals surface area contributed by atoms with Crippen LogP contribution in [0.1, 0.15) is 64.7 Å². The summed E-state index contributed by atoms with van der Waals surface area (Å²) in [4.78, 5) is 11.9. The third kappa shape index (κ3) is 2.35. The van der Waals surface area contributed by atoms with E-state index < -0.39 is 5.60 Å². The van der Waals surface area contributed by atoms with Gasteiger partial charge in [0.25, 0.3) is 0 Å². The van der Waals surface area contributed by atoms with Gasteiger partial charge in [0, 0.05) is 17.4 Å². The summed E-state index contributed by atoms with van der Waals surface area (Å²) in [7, 11) is 0. The fraction of sp³-hybridized carbons (Fsp3) is 0.773. The summed E-state index contributed by atoms with van der Waals surface area (Å²) in [6.07, 6.45) is 13.6. The van der Waals surface area contributed by atoms with Crippen molar-refractivity contribution in [1.82, 2.24) is 0 Å². The van der Waals surface area contributed by atoms with Gasteiger partial charge in [-0.25, -0.2) is 0 Å². The summed E-state index contributed by atoms with van der Waals surface area (Å²) in [5.41, 5.74) is 6.95. The second-order valence-corrected chi connectivity index (χ2v) is 9.19. The number of carbonyl (C=O) groups excluding carboxylic acids is 1. The molecule has 0 bridgehead atoms. The van der Waals surface area contributed by atoms with Crippen LogP contribution in [-0.4, -0.2) is 33.7 Å². The van der Waals surface area contributed by atoms with Gasteiger partial charge in [-0.05, 0) is 80.8 Å². The summed E-state index contributed by atoms with van der Waals surface area (Å²) >= 11 is 0. The first-order chi connectivity index (χ1) is 12.4. The molecule has 4 heteroatoms. The highest BCUT2D eigenvalue weighted by Gasteiger charge is 2.64. The number of rotatable bonds is 3. The Morgan fingerprint density at radius 2 is 1.96 bits per heavy atom. The lowest BCUT2D eigenvalue weighted by atomic mass is 9.47. The zero-order valence-corrected chi connectivity index (χ0v) is 15.9. The molecule has 0 aromatic rings. The van der Waals surface area contributed by atoms with Crippen molar-refractivity contribution in [3.05, 3.63) is 23.8 Å². The first-order valence-corrected chi connectivity index (χ1v) is 10.4. The highest BCUT2D eigenvalue weighted by Crippen LogP contribution is 2.66. The summed E-state index contributed by atoms with van der Waals surface area (Å²) in [6.45, 7) is 2.19. The van der Waals surface area contributed by atoms with E-state index >= 15 is 0 Å². The van der Waals surface area contributed by atoms with Gasteiger partial charge in [0.15, 0.2) is 5.78 Å². The van der Waals surface area contributed by atoms with Crippen LogP contribution in [0.3, 0.4) is 0 Å². The van der Waals surface area contributed by atoms with Crippen molar-refractivity contribution >= 4 is 5.78 Å². The predicted molar refractivity (Wildman–Crippen MR) is 101 cm³/mol. The van der Waals surface area contributed by atoms with Crippen molar-refractivity contribution in [1.29, 1.82) is 0 Å². The minimum atomic E-state index is -0.805. The number of fused-ring (bicyclic) bond motifs is 5. The van der Waals surface area contributed by atoms with E-state index in [0.29, 0.717) is 24.2 Å². The number of hydrogen-bond acceptors (Lipinski definition) is 4. The van der Waals surface area contributed by atoms with Crippen molar-refractivity contribution in [3.8, 4) is 0 Å². The highest BCUT2D eigenvalue weighted by atomic mass is 16.3. The Balaban J connectivity index is 1.68. The fourth-order valence-corrected chi connectivity index (χ4v) is 7.38. The van der Waals surface area contributed by atoms with Crippen LogP contribution >= 0.6 is 0 Å². The SMILES string of the molecule is CCC12CCC3C(CCC4=CC(=O)CCC43N)C1CC[C@@]2(O)/C=C\CO. The molecule has 0 aromatic heterocycles. The maximum Gasteiger partial charge on any atom is 0.155 e. The summed E-state index contributed by atoms with van der Waals surface area (Å²) in [6, 6.07) is 0. The standard InChI is InChI=1S/C22H33NO3/c1-2-20-10-7-19-17(18(20)8-11-21(20,26)9-3-13-24)5-4-15-14-16(25)6-12-22(15,19)23/h3,9,14,17-19,24,26H,2,4-8,10-13,23H2,1H3/b9-3-/t17?,18?,19?,20?,21-,22?/m0/s1. The van der Waals surface area contributed by atoms with E-state index in [1.165, 1.54) is 5.57 Å². The van der Waals surface area contributed by atoms with Gasteiger partial charge in [-0.1, -0.05) is 19.1 Å². The fourth-order valence-electron chi connectivity index (χ4n) is 7.38. The van der Waals surface area contributed by atoms with E-state index in [1.807, 2.05) is 12.2 Å². The lowest BCUT2D eigenvalue weighted by Crippen LogP contribution is -2.61. The minimum Gasteiger partial charge on any atom is -0.392 e. The Morgan fingerprint density at radius 3 is 2.69 bits per heavy atom. The molecule has 0 heterocycles. The smallest absolute Gasteiger partial charge is 0.155 e. The number of aliphatic hydroxyl groups excluding tert-OH is 1. The Hall–Kier alpha value is -0.970. The first kappa shape index (κ1) is 18.4. The van der Waals surface area contributed by atoms with E-state index in [4.69, 9.17) is 5.73 Å². The maximum absolute atomic E-state index is 11.9. The van der Waals surface area contributed by atoms with Gasteiger partial charge in [0.2, 0.25) is 0 Å². The van der Waals surface area contributed by atoms with Gasteiger partial charge in [-0.15, -0.1) is 0 Å². The van der Waals surface area contributed by atoms with Crippen LogP contribution in [0.15, 0.2) is 23.8 Å². The molecule has 0 spiro atoms. The lowest BCUT2D eigenvalue weighted by Gasteiger charge is -2.59. The third-order valence-electron chi connectivity index (χ3n) is 8.60. The predicted octanol–water partition coefficient (Wildman–Crippen LogP) is 2.88. The van der Waals surface area contributed by atoms with Gasteiger partial charge in [0.1, 0.15) is 0 Å². The van der Waals surface area contributed by atoms with E-state index in [1.54, 1.807) is 6.08 Å². The van der Waals surface area contributed by atoms with E-state index in [0.717, 1.165) is 51.4 Å². The van der Waals surface area contributed by atoms with Gasteiger partial charge in [-0.3, -0.25) is 4.79 Å². The minimum absolute atomic E-state index is 0.0209. The van der Waals surface area contributed by atoms with Gasteiger partial charge in [-0.2, -0.15) is 0 Å². The number of carbonyl (C=O) groups is 1. The van der Waals surface area contributed by atoms with Crippen molar-refractivity contribution in [2.24, 2.45) is 28.9 Å². The number of hydrogen-bond donors (Lipinski definition) is 3. The highest BCUT2D eigenvalue weighted by molar-refractivity contribution is 5.92. The Labute approximate surface area is 156 Å². The van der Waals surface area contributed by atoms with Crippen molar-refractivity contribution in [3.63, 3.8) is 0 Å². The van der Waals surface area contributed by atoms with Crippen LogP contribution < -0.4 is 5.73 Å². The molecule has 6 atom stereocenters. The largest absolute Gasteiger partial charge is 0.392 e.